The standard InChI is InChI=1S/C13H17N3O2/c1-10(6-14)8-16(2)9-12-5-4-11(7-15-12)13(17)18-3/h4-5,7,10H,8-9H2,1-3H3. The van der Waals surface area contributed by atoms with Gasteiger partial charge in [0.2, 0.25) is 0 Å². The largest absolute Gasteiger partial charge is 0.465 e. The van der Waals surface area contributed by atoms with E-state index in [9.17, 15) is 4.79 Å². The lowest BCUT2D eigenvalue weighted by atomic mass is 10.2. The molecule has 1 rings (SSSR count). The summed E-state index contributed by atoms with van der Waals surface area (Å²) in [6.07, 6.45) is 1.50. The first-order chi connectivity index (χ1) is 8.56. The molecule has 0 aliphatic carbocycles. The average molecular weight is 247 g/mol. The number of aromatic nitrogens is 1. The molecule has 1 heterocycles. The molecule has 0 amide bonds. The minimum Gasteiger partial charge on any atom is -0.465 e. The molecule has 1 aromatic rings. The van der Waals surface area contributed by atoms with Gasteiger partial charge in [-0.05, 0) is 26.1 Å². The van der Waals surface area contributed by atoms with E-state index in [-0.39, 0.29) is 11.9 Å². The normalized spacial score (nSPS) is 11.9. The van der Waals surface area contributed by atoms with Crippen LogP contribution in [0.4, 0.5) is 0 Å². The number of rotatable bonds is 5. The maximum Gasteiger partial charge on any atom is 0.339 e. The van der Waals surface area contributed by atoms with Crippen molar-refractivity contribution in [1.29, 1.82) is 5.26 Å². The summed E-state index contributed by atoms with van der Waals surface area (Å²) >= 11 is 0. The van der Waals surface area contributed by atoms with E-state index in [0.717, 1.165) is 5.69 Å². The predicted octanol–water partition coefficient (Wildman–Crippen LogP) is 1.46. The lowest BCUT2D eigenvalue weighted by Gasteiger charge is -2.17. The van der Waals surface area contributed by atoms with Gasteiger partial charge in [0.25, 0.3) is 0 Å². The van der Waals surface area contributed by atoms with Crippen LogP contribution in [0.25, 0.3) is 0 Å². The number of hydrogen-bond acceptors (Lipinski definition) is 5. The van der Waals surface area contributed by atoms with Crippen LogP contribution in [0.3, 0.4) is 0 Å². The molecule has 0 radical (unpaired) electrons. The summed E-state index contributed by atoms with van der Waals surface area (Å²) < 4.78 is 4.60. The van der Waals surface area contributed by atoms with Crippen molar-refractivity contribution in [1.82, 2.24) is 9.88 Å². The van der Waals surface area contributed by atoms with Crippen molar-refractivity contribution in [2.75, 3.05) is 20.7 Å². The molecule has 5 heteroatoms. The Balaban J connectivity index is 2.59. The monoisotopic (exact) mass is 247 g/mol. The Morgan fingerprint density at radius 2 is 2.33 bits per heavy atom. The molecule has 18 heavy (non-hydrogen) atoms. The summed E-state index contributed by atoms with van der Waals surface area (Å²) in [5.74, 6) is -0.398. The van der Waals surface area contributed by atoms with Gasteiger partial charge in [-0.25, -0.2) is 4.79 Å². The van der Waals surface area contributed by atoms with Gasteiger partial charge in [-0.15, -0.1) is 0 Å². The fourth-order valence-corrected chi connectivity index (χ4v) is 1.61. The quantitative estimate of drug-likeness (QED) is 0.737. The first-order valence-electron chi connectivity index (χ1n) is 5.68. The molecule has 0 saturated carbocycles. The summed E-state index contributed by atoms with van der Waals surface area (Å²) in [4.78, 5) is 17.4. The van der Waals surface area contributed by atoms with Crippen LogP contribution in [-0.2, 0) is 11.3 Å². The van der Waals surface area contributed by atoms with Crippen LogP contribution in [0.5, 0.6) is 0 Å². The van der Waals surface area contributed by atoms with E-state index in [1.165, 1.54) is 13.3 Å². The number of pyridine rings is 1. The topological polar surface area (TPSA) is 66.2 Å². The van der Waals surface area contributed by atoms with Crippen molar-refractivity contribution < 1.29 is 9.53 Å². The summed E-state index contributed by atoms with van der Waals surface area (Å²) in [5, 5.41) is 8.73. The molecule has 0 spiro atoms. The second-order valence-corrected chi connectivity index (χ2v) is 4.26. The predicted molar refractivity (Wildman–Crippen MR) is 66.7 cm³/mol. The van der Waals surface area contributed by atoms with E-state index in [0.29, 0.717) is 18.7 Å². The second kappa shape index (κ2) is 6.72. The highest BCUT2D eigenvalue weighted by Crippen LogP contribution is 2.05. The average Bonchev–Trinajstić information content (AvgIpc) is 2.38. The SMILES string of the molecule is COC(=O)c1ccc(CN(C)CC(C)C#N)nc1. The van der Waals surface area contributed by atoms with Crippen LogP contribution >= 0.6 is 0 Å². The number of carbonyl (C=O) groups is 1. The van der Waals surface area contributed by atoms with Gasteiger partial charge in [-0.1, -0.05) is 0 Å². The highest BCUT2D eigenvalue weighted by atomic mass is 16.5. The van der Waals surface area contributed by atoms with E-state index >= 15 is 0 Å². The zero-order valence-electron chi connectivity index (χ0n) is 10.9. The number of methoxy groups -OCH3 is 1. The summed E-state index contributed by atoms with van der Waals surface area (Å²) in [5.41, 5.74) is 1.30. The molecule has 1 unspecified atom stereocenters. The van der Waals surface area contributed by atoms with Crippen LogP contribution < -0.4 is 0 Å². The maximum absolute atomic E-state index is 11.2. The van der Waals surface area contributed by atoms with Crippen LogP contribution in [-0.4, -0.2) is 36.6 Å². The number of nitriles is 1. The van der Waals surface area contributed by atoms with Crippen molar-refractivity contribution in [2.24, 2.45) is 5.92 Å². The highest BCUT2D eigenvalue weighted by Gasteiger charge is 2.08. The lowest BCUT2D eigenvalue weighted by Crippen LogP contribution is -2.23. The van der Waals surface area contributed by atoms with Crippen molar-refractivity contribution in [2.45, 2.75) is 13.5 Å². The minimum absolute atomic E-state index is 0.00987. The van der Waals surface area contributed by atoms with Crippen molar-refractivity contribution in [3.8, 4) is 6.07 Å². The molecule has 96 valence electrons. The smallest absolute Gasteiger partial charge is 0.339 e. The Kier molecular flexibility index (Phi) is 5.28. The zero-order chi connectivity index (χ0) is 13.5. The van der Waals surface area contributed by atoms with E-state index in [1.54, 1.807) is 12.1 Å². The Hall–Kier alpha value is -1.93. The van der Waals surface area contributed by atoms with E-state index in [4.69, 9.17) is 5.26 Å². The van der Waals surface area contributed by atoms with E-state index < -0.39 is 0 Å². The van der Waals surface area contributed by atoms with Gasteiger partial charge in [-0.3, -0.25) is 9.88 Å². The molecule has 0 bridgehead atoms. The molecule has 1 aromatic heterocycles. The number of hydrogen-bond donors (Lipinski definition) is 0. The van der Waals surface area contributed by atoms with Crippen LogP contribution in [0.2, 0.25) is 0 Å². The highest BCUT2D eigenvalue weighted by molar-refractivity contribution is 5.88. The molecule has 0 aliphatic heterocycles. The molecule has 0 aliphatic rings. The van der Waals surface area contributed by atoms with E-state index in [2.05, 4.69) is 15.8 Å². The number of carbonyl (C=O) groups excluding carboxylic acids is 1. The van der Waals surface area contributed by atoms with Gasteiger partial charge >= 0.3 is 5.97 Å². The number of esters is 1. The molecule has 1 atom stereocenters. The third-order valence-corrected chi connectivity index (χ3v) is 2.48. The summed E-state index contributed by atoms with van der Waals surface area (Å²) in [6, 6.07) is 5.67. The molecular weight excluding hydrogens is 230 g/mol. The van der Waals surface area contributed by atoms with Crippen LogP contribution in [0.15, 0.2) is 18.3 Å². The van der Waals surface area contributed by atoms with Crippen molar-refractivity contribution in [3.63, 3.8) is 0 Å². The lowest BCUT2D eigenvalue weighted by molar-refractivity contribution is 0.0600. The van der Waals surface area contributed by atoms with Gasteiger partial charge < -0.3 is 4.74 Å². The molecular formula is C13H17N3O2. The fourth-order valence-electron chi connectivity index (χ4n) is 1.61. The van der Waals surface area contributed by atoms with Gasteiger partial charge in [0, 0.05) is 19.3 Å². The van der Waals surface area contributed by atoms with Crippen molar-refractivity contribution >= 4 is 5.97 Å². The van der Waals surface area contributed by atoms with E-state index in [1.807, 2.05) is 18.9 Å². The third-order valence-electron chi connectivity index (χ3n) is 2.48. The number of nitrogens with zero attached hydrogens (tertiary/aromatic N) is 3. The molecule has 5 nitrogen and oxygen atoms in total. The van der Waals surface area contributed by atoms with Gasteiger partial charge in [-0.2, -0.15) is 5.26 Å². The molecule has 0 N–H and O–H groups in total. The molecule has 0 aromatic carbocycles. The third kappa shape index (κ3) is 4.15. The summed E-state index contributed by atoms with van der Waals surface area (Å²) in [7, 11) is 3.27. The Bertz CT molecular complexity index is 437. The van der Waals surface area contributed by atoms with Crippen molar-refractivity contribution in [3.05, 3.63) is 29.6 Å². The Morgan fingerprint density at radius 1 is 1.61 bits per heavy atom. The first-order valence-corrected chi connectivity index (χ1v) is 5.68. The molecule has 0 saturated heterocycles. The second-order valence-electron chi connectivity index (χ2n) is 4.26. The zero-order valence-corrected chi connectivity index (χ0v) is 10.9. The molecule has 0 fully saturated rings. The summed E-state index contributed by atoms with van der Waals surface area (Å²) in [6.45, 7) is 3.22. The first kappa shape index (κ1) is 14.1. The van der Waals surface area contributed by atoms with Crippen LogP contribution in [0, 0.1) is 17.2 Å². The minimum atomic E-state index is -0.388. The Morgan fingerprint density at radius 3 is 2.83 bits per heavy atom. The number of ether oxygens (including phenoxy) is 1. The van der Waals surface area contributed by atoms with Gasteiger partial charge in [0.15, 0.2) is 0 Å². The maximum atomic E-state index is 11.2. The van der Waals surface area contributed by atoms with Crippen LogP contribution in [0.1, 0.15) is 23.0 Å². The van der Waals surface area contributed by atoms with Gasteiger partial charge in [0.05, 0.1) is 30.4 Å². The van der Waals surface area contributed by atoms with Gasteiger partial charge in [0.1, 0.15) is 0 Å². The fraction of sp³-hybridized carbons (Fsp3) is 0.462. The Labute approximate surface area is 107 Å².